The Balaban J connectivity index is 1.89. The Hall–Kier alpha value is -1.27. The van der Waals surface area contributed by atoms with Crippen molar-refractivity contribution in [1.82, 2.24) is 5.43 Å². The van der Waals surface area contributed by atoms with Gasteiger partial charge in [0, 0.05) is 10.0 Å². The van der Waals surface area contributed by atoms with Crippen molar-refractivity contribution in [3.63, 3.8) is 0 Å². The maximum absolute atomic E-state index is 11.7. The highest BCUT2D eigenvalue weighted by molar-refractivity contribution is 9.10. The zero-order valence-electron chi connectivity index (χ0n) is 11.5. The van der Waals surface area contributed by atoms with Gasteiger partial charge in [-0.1, -0.05) is 56.8 Å². The number of nitrogens with zero attached hydrogens (tertiary/aromatic N) is 1. The van der Waals surface area contributed by atoms with Gasteiger partial charge in [0.1, 0.15) is 5.75 Å². The van der Waals surface area contributed by atoms with E-state index in [1.54, 1.807) is 36.4 Å². The van der Waals surface area contributed by atoms with E-state index in [0.29, 0.717) is 26.4 Å². The topological polar surface area (TPSA) is 50.7 Å². The number of amides is 1. The van der Waals surface area contributed by atoms with Crippen LogP contribution >= 0.6 is 50.7 Å². The van der Waals surface area contributed by atoms with E-state index in [0.717, 1.165) is 4.47 Å². The molecule has 0 bridgehead atoms. The second-order valence-electron chi connectivity index (χ2n) is 4.29. The van der Waals surface area contributed by atoms with Crippen LogP contribution in [0.2, 0.25) is 15.1 Å². The van der Waals surface area contributed by atoms with Crippen LogP contribution in [-0.4, -0.2) is 18.7 Å². The number of hydrogen-bond acceptors (Lipinski definition) is 3. The fourth-order valence-corrected chi connectivity index (χ4v) is 2.79. The first-order valence-corrected chi connectivity index (χ1v) is 8.24. The number of hydrogen-bond donors (Lipinski definition) is 1. The molecule has 0 aromatic heterocycles. The lowest BCUT2D eigenvalue weighted by molar-refractivity contribution is -0.123. The number of carbonyl (C=O) groups is 1. The molecule has 0 aliphatic rings. The fraction of sp³-hybridized carbons (Fsp3) is 0.0667. The molecule has 4 nitrogen and oxygen atoms in total. The Bertz CT molecular complexity index is 733. The Morgan fingerprint density at radius 1 is 1.17 bits per heavy atom. The van der Waals surface area contributed by atoms with E-state index < -0.39 is 5.91 Å². The van der Waals surface area contributed by atoms with E-state index in [9.17, 15) is 4.79 Å². The molecular weight excluding hydrogens is 426 g/mol. The molecule has 0 saturated carbocycles. The smallest absolute Gasteiger partial charge is 0.277 e. The summed E-state index contributed by atoms with van der Waals surface area (Å²) in [5.74, 6) is -0.0356. The van der Waals surface area contributed by atoms with E-state index in [2.05, 4.69) is 26.5 Å². The molecule has 120 valence electrons. The molecule has 0 aliphatic carbocycles. The molecule has 0 saturated heterocycles. The van der Waals surface area contributed by atoms with E-state index in [4.69, 9.17) is 39.5 Å². The minimum atomic E-state index is -0.441. The predicted molar refractivity (Wildman–Crippen MR) is 96.8 cm³/mol. The van der Waals surface area contributed by atoms with Gasteiger partial charge in [-0.05, 0) is 30.3 Å². The number of rotatable bonds is 5. The number of ether oxygens (including phenoxy) is 1. The zero-order valence-corrected chi connectivity index (χ0v) is 15.4. The first-order chi connectivity index (χ1) is 11.0. The van der Waals surface area contributed by atoms with Crippen molar-refractivity contribution in [3.05, 3.63) is 61.5 Å². The molecular formula is C15H10BrCl3N2O2. The van der Waals surface area contributed by atoms with Gasteiger partial charge in [-0.3, -0.25) is 4.79 Å². The quantitative estimate of drug-likeness (QED) is 0.533. The normalized spacial score (nSPS) is 10.8. The van der Waals surface area contributed by atoms with E-state index in [-0.39, 0.29) is 6.61 Å². The van der Waals surface area contributed by atoms with Gasteiger partial charge >= 0.3 is 0 Å². The summed E-state index contributed by atoms with van der Waals surface area (Å²) in [6.45, 7) is -0.227. The SMILES string of the molecule is O=C(COc1ccc(Br)cc1Cl)NN=Cc1c(Cl)cccc1Cl. The lowest BCUT2D eigenvalue weighted by Gasteiger charge is -2.07. The highest BCUT2D eigenvalue weighted by atomic mass is 79.9. The summed E-state index contributed by atoms with van der Waals surface area (Å²) >= 11 is 21.2. The van der Waals surface area contributed by atoms with Crippen LogP contribution in [0.1, 0.15) is 5.56 Å². The monoisotopic (exact) mass is 434 g/mol. The Labute approximate surface area is 156 Å². The molecule has 0 unspecified atom stereocenters. The van der Waals surface area contributed by atoms with Gasteiger partial charge in [0.05, 0.1) is 21.3 Å². The molecule has 1 amide bonds. The van der Waals surface area contributed by atoms with Gasteiger partial charge in [-0.2, -0.15) is 5.10 Å². The van der Waals surface area contributed by atoms with E-state index >= 15 is 0 Å². The standard InChI is InChI=1S/C15H10BrCl3N2O2/c16-9-4-5-14(13(19)6-9)23-8-15(22)21-20-7-10-11(17)2-1-3-12(10)18/h1-7H,8H2,(H,21,22). The van der Waals surface area contributed by atoms with Crippen molar-refractivity contribution in [2.45, 2.75) is 0 Å². The van der Waals surface area contributed by atoms with Crippen LogP contribution in [0.5, 0.6) is 5.75 Å². The highest BCUT2D eigenvalue weighted by Gasteiger charge is 2.06. The second-order valence-corrected chi connectivity index (χ2v) is 6.43. The van der Waals surface area contributed by atoms with Crippen LogP contribution < -0.4 is 10.2 Å². The number of benzene rings is 2. The predicted octanol–water partition coefficient (Wildman–Crippen LogP) is 4.94. The van der Waals surface area contributed by atoms with Crippen molar-refractivity contribution in [2.75, 3.05) is 6.61 Å². The molecule has 1 N–H and O–H groups in total. The van der Waals surface area contributed by atoms with Crippen LogP contribution in [0.15, 0.2) is 46.0 Å². The summed E-state index contributed by atoms with van der Waals surface area (Å²) in [6, 6.07) is 10.2. The van der Waals surface area contributed by atoms with E-state index in [1.807, 2.05) is 0 Å². The number of nitrogens with one attached hydrogen (secondary N) is 1. The molecule has 8 heteroatoms. The molecule has 2 rings (SSSR count). The zero-order chi connectivity index (χ0) is 16.8. The molecule has 0 heterocycles. The van der Waals surface area contributed by atoms with Crippen LogP contribution in [0.25, 0.3) is 0 Å². The summed E-state index contributed by atoms with van der Waals surface area (Å²) in [5, 5.41) is 5.08. The van der Waals surface area contributed by atoms with Crippen LogP contribution in [0.3, 0.4) is 0 Å². The highest BCUT2D eigenvalue weighted by Crippen LogP contribution is 2.27. The largest absolute Gasteiger partial charge is 0.482 e. The third kappa shape index (κ3) is 5.39. The molecule has 2 aromatic carbocycles. The van der Waals surface area contributed by atoms with Crippen molar-refractivity contribution in [2.24, 2.45) is 5.10 Å². The van der Waals surface area contributed by atoms with Crippen LogP contribution in [0.4, 0.5) is 0 Å². The molecule has 0 spiro atoms. The molecule has 0 radical (unpaired) electrons. The van der Waals surface area contributed by atoms with Gasteiger partial charge in [0.15, 0.2) is 6.61 Å². The van der Waals surface area contributed by atoms with E-state index in [1.165, 1.54) is 6.21 Å². The molecule has 0 fully saturated rings. The van der Waals surface area contributed by atoms with Gasteiger partial charge in [0.2, 0.25) is 0 Å². The van der Waals surface area contributed by atoms with Crippen LogP contribution in [-0.2, 0) is 4.79 Å². The average molecular weight is 437 g/mol. The minimum absolute atomic E-state index is 0.227. The van der Waals surface area contributed by atoms with Gasteiger partial charge < -0.3 is 4.74 Å². The third-order valence-corrected chi connectivity index (χ3v) is 4.08. The summed E-state index contributed by atoms with van der Waals surface area (Å²) < 4.78 is 6.13. The summed E-state index contributed by atoms with van der Waals surface area (Å²) in [4.78, 5) is 11.7. The minimum Gasteiger partial charge on any atom is -0.482 e. The van der Waals surface area contributed by atoms with Crippen molar-refractivity contribution in [3.8, 4) is 5.75 Å². The number of hydrazone groups is 1. The Kier molecular flexibility index (Phi) is 6.72. The lowest BCUT2D eigenvalue weighted by atomic mass is 10.2. The summed E-state index contributed by atoms with van der Waals surface area (Å²) in [6.07, 6.45) is 1.37. The fourth-order valence-electron chi connectivity index (χ4n) is 1.57. The first kappa shape index (κ1) is 18.1. The maximum Gasteiger partial charge on any atom is 0.277 e. The van der Waals surface area contributed by atoms with Gasteiger partial charge in [-0.25, -0.2) is 5.43 Å². The van der Waals surface area contributed by atoms with Gasteiger partial charge in [-0.15, -0.1) is 0 Å². The maximum atomic E-state index is 11.7. The van der Waals surface area contributed by atoms with Crippen molar-refractivity contribution >= 4 is 62.9 Å². The lowest BCUT2D eigenvalue weighted by Crippen LogP contribution is -2.24. The third-order valence-electron chi connectivity index (χ3n) is 2.64. The van der Waals surface area contributed by atoms with Gasteiger partial charge in [0.25, 0.3) is 5.91 Å². The number of carbonyl (C=O) groups excluding carboxylic acids is 1. The Morgan fingerprint density at radius 3 is 2.52 bits per heavy atom. The van der Waals surface area contributed by atoms with Crippen LogP contribution in [0, 0.1) is 0 Å². The molecule has 23 heavy (non-hydrogen) atoms. The van der Waals surface area contributed by atoms with Crippen molar-refractivity contribution < 1.29 is 9.53 Å². The summed E-state index contributed by atoms with van der Waals surface area (Å²) in [7, 11) is 0. The Morgan fingerprint density at radius 2 is 1.87 bits per heavy atom. The molecule has 2 aromatic rings. The second kappa shape index (κ2) is 8.55. The molecule has 0 atom stereocenters. The first-order valence-electron chi connectivity index (χ1n) is 6.31. The van der Waals surface area contributed by atoms with Crippen molar-refractivity contribution in [1.29, 1.82) is 0 Å². The summed E-state index contributed by atoms with van der Waals surface area (Å²) in [5.41, 5.74) is 2.84. The molecule has 0 aliphatic heterocycles. The number of halogens is 4. The average Bonchev–Trinajstić information content (AvgIpc) is 2.49.